The van der Waals surface area contributed by atoms with E-state index in [-0.39, 0.29) is 0 Å². The number of fused-ring (bicyclic) bond motifs is 1. The molecular formula is C12H19N3S. The molecule has 3 N–H and O–H groups in total. The molecule has 0 fully saturated rings. The highest BCUT2D eigenvalue weighted by Crippen LogP contribution is 2.28. The van der Waals surface area contributed by atoms with E-state index in [2.05, 4.69) is 16.5 Å². The van der Waals surface area contributed by atoms with Crippen LogP contribution in [0.4, 0.5) is 0 Å². The van der Waals surface area contributed by atoms with Crippen LogP contribution in [0.2, 0.25) is 0 Å². The zero-order valence-corrected chi connectivity index (χ0v) is 10.6. The van der Waals surface area contributed by atoms with Crippen LogP contribution in [0.5, 0.6) is 0 Å². The zero-order valence-electron chi connectivity index (χ0n) is 9.75. The third-order valence-corrected chi connectivity index (χ3v) is 4.18. The number of nitrogens with one attached hydrogen (secondary N) is 1. The van der Waals surface area contributed by atoms with Gasteiger partial charge in [-0.3, -0.25) is 4.99 Å². The van der Waals surface area contributed by atoms with Crippen molar-refractivity contribution in [3.8, 4) is 0 Å². The Labute approximate surface area is 101 Å². The molecule has 0 saturated heterocycles. The number of aliphatic imine (C=N–C) groups is 1. The molecule has 16 heavy (non-hydrogen) atoms. The third kappa shape index (κ3) is 2.44. The summed E-state index contributed by atoms with van der Waals surface area (Å²) in [6, 6.07) is 2.26. The van der Waals surface area contributed by atoms with Crippen LogP contribution in [0, 0.1) is 0 Å². The predicted octanol–water partition coefficient (Wildman–Crippen LogP) is 2.25. The van der Waals surface area contributed by atoms with Gasteiger partial charge in [-0.1, -0.05) is 6.42 Å². The van der Waals surface area contributed by atoms with Crippen LogP contribution in [0.15, 0.2) is 11.1 Å². The minimum absolute atomic E-state index is 0.766. The Morgan fingerprint density at radius 2 is 2.25 bits per heavy atom. The first-order chi connectivity index (χ1) is 7.85. The van der Waals surface area contributed by atoms with Gasteiger partial charge in [-0.2, -0.15) is 0 Å². The number of nitrogens with zero attached hydrogens (tertiary/aromatic N) is 1. The first kappa shape index (κ1) is 11.6. The molecule has 1 aromatic heterocycles. The van der Waals surface area contributed by atoms with E-state index in [9.17, 15) is 0 Å². The molecule has 0 unspecified atom stereocenters. The van der Waals surface area contributed by atoms with E-state index in [4.69, 9.17) is 5.84 Å². The maximum absolute atomic E-state index is 5.51. The minimum atomic E-state index is 0.766. The highest BCUT2D eigenvalue weighted by atomic mass is 32.1. The standard InChI is InChI=1S/C12H19N3S/c1-2-14-12(15-13)11-8-9-6-4-3-5-7-10(9)16-11/h8H,2-7,13H2,1H3,(H,14,15). The summed E-state index contributed by atoms with van der Waals surface area (Å²) in [7, 11) is 0. The summed E-state index contributed by atoms with van der Waals surface area (Å²) in [6.45, 7) is 2.79. The van der Waals surface area contributed by atoms with Crippen molar-refractivity contribution < 1.29 is 0 Å². The van der Waals surface area contributed by atoms with E-state index >= 15 is 0 Å². The van der Waals surface area contributed by atoms with Gasteiger partial charge >= 0.3 is 0 Å². The second kappa shape index (κ2) is 5.46. The number of hydrazine groups is 1. The summed E-state index contributed by atoms with van der Waals surface area (Å²) in [5.41, 5.74) is 4.22. The van der Waals surface area contributed by atoms with Crippen LogP contribution in [-0.2, 0) is 12.8 Å². The molecule has 4 heteroatoms. The van der Waals surface area contributed by atoms with E-state index in [1.54, 1.807) is 0 Å². The van der Waals surface area contributed by atoms with Crippen molar-refractivity contribution in [3.63, 3.8) is 0 Å². The van der Waals surface area contributed by atoms with Crippen LogP contribution in [-0.4, -0.2) is 12.4 Å². The molecule has 2 rings (SSSR count). The van der Waals surface area contributed by atoms with Crippen molar-refractivity contribution in [3.05, 3.63) is 21.4 Å². The minimum Gasteiger partial charge on any atom is -0.308 e. The molecule has 3 nitrogen and oxygen atoms in total. The van der Waals surface area contributed by atoms with Crippen molar-refractivity contribution >= 4 is 17.2 Å². The SMILES string of the molecule is CCN=C(NN)c1cc2c(s1)CCCCC2. The van der Waals surface area contributed by atoms with E-state index in [1.165, 1.54) is 47.4 Å². The van der Waals surface area contributed by atoms with Gasteiger partial charge in [0.05, 0.1) is 4.88 Å². The first-order valence-corrected chi connectivity index (χ1v) is 6.79. The summed E-state index contributed by atoms with van der Waals surface area (Å²) in [4.78, 5) is 7.10. The third-order valence-electron chi connectivity index (χ3n) is 2.93. The lowest BCUT2D eigenvalue weighted by atomic mass is 10.1. The van der Waals surface area contributed by atoms with Crippen molar-refractivity contribution in [1.82, 2.24) is 5.43 Å². The summed E-state index contributed by atoms with van der Waals surface area (Å²) in [6.07, 6.45) is 6.45. The number of hydrogen-bond donors (Lipinski definition) is 2. The fraction of sp³-hybridized carbons (Fsp3) is 0.583. The average molecular weight is 237 g/mol. The Morgan fingerprint density at radius 1 is 1.44 bits per heavy atom. The molecule has 0 radical (unpaired) electrons. The van der Waals surface area contributed by atoms with E-state index in [1.807, 2.05) is 18.3 Å². The van der Waals surface area contributed by atoms with Crippen molar-refractivity contribution in [1.29, 1.82) is 0 Å². The molecule has 0 spiro atoms. The number of aryl methyl sites for hydroxylation is 2. The van der Waals surface area contributed by atoms with Gasteiger partial charge in [0.1, 0.15) is 0 Å². The molecule has 1 aromatic rings. The fourth-order valence-electron chi connectivity index (χ4n) is 2.14. The highest BCUT2D eigenvalue weighted by Gasteiger charge is 2.14. The normalized spacial score (nSPS) is 16.8. The van der Waals surface area contributed by atoms with E-state index in [0.29, 0.717) is 0 Å². The molecule has 0 amide bonds. The van der Waals surface area contributed by atoms with E-state index < -0.39 is 0 Å². The van der Waals surface area contributed by atoms with Gasteiger partial charge in [-0.25, -0.2) is 5.84 Å². The van der Waals surface area contributed by atoms with Crippen LogP contribution in [0.3, 0.4) is 0 Å². The summed E-state index contributed by atoms with van der Waals surface area (Å²) < 4.78 is 0. The molecular weight excluding hydrogens is 218 g/mol. The summed E-state index contributed by atoms with van der Waals surface area (Å²) in [5.74, 6) is 6.34. The Bertz CT molecular complexity index is 358. The molecule has 88 valence electrons. The van der Waals surface area contributed by atoms with E-state index in [0.717, 1.165) is 12.4 Å². The van der Waals surface area contributed by atoms with Crippen molar-refractivity contribution in [2.45, 2.75) is 39.0 Å². The molecule has 0 aromatic carbocycles. The second-order valence-electron chi connectivity index (χ2n) is 4.09. The molecule has 0 bridgehead atoms. The summed E-state index contributed by atoms with van der Waals surface area (Å²) >= 11 is 1.85. The van der Waals surface area contributed by atoms with Crippen molar-refractivity contribution in [2.24, 2.45) is 10.8 Å². The fourth-order valence-corrected chi connectivity index (χ4v) is 3.36. The zero-order chi connectivity index (χ0) is 11.4. The molecule has 0 aliphatic heterocycles. The van der Waals surface area contributed by atoms with Crippen LogP contribution in [0.1, 0.15) is 41.5 Å². The first-order valence-electron chi connectivity index (χ1n) is 5.98. The lowest BCUT2D eigenvalue weighted by Crippen LogP contribution is -2.30. The average Bonchev–Trinajstić information content (AvgIpc) is 2.57. The van der Waals surface area contributed by atoms with Gasteiger partial charge in [-0.15, -0.1) is 11.3 Å². The predicted molar refractivity (Wildman–Crippen MR) is 70.0 cm³/mol. The number of thiophene rings is 1. The number of nitrogens with two attached hydrogens (primary N) is 1. The molecule has 0 atom stereocenters. The smallest absolute Gasteiger partial charge is 0.152 e. The topological polar surface area (TPSA) is 50.4 Å². The van der Waals surface area contributed by atoms with Gasteiger partial charge in [0.2, 0.25) is 0 Å². The van der Waals surface area contributed by atoms with Gasteiger partial charge < -0.3 is 5.43 Å². The number of amidine groups is 1. The maximum atomic E-state index is 5.51. The molecule has 0 saturated carbocycles. The van der Waals surface area contributed by atoms with Gasteiger partial charge in [0.15, 0.2) is 5.84 Å². The highest BCUT2D eigenvalue weighted by molar-refractivity contribution is 7.14. The molecule has 1 aliphatic rings. The lowest BCUT2D eigenvalue weighted by molar-refractivity contribution is 0.712. The van der Waals surface area contributed by atoms with Gasteiger partial charge in [0.25, 0.3) is 0 Å². The number of rotatable bonds is 2. The van der Waals surface area contributed by atoms with Crippen LogP contribution in [0.25, 0.3) is 0 Å². The Balaban J connectivity index is 2.26. The molecule has 1 heterocycles. The van der Waals surface area contributed by atoms with Gasteiger partial charge in [-0.05, 0) is 44.2 Å². The van der Waals surface area contributed by atoms with Crippen molar-refractivity contribution in [2.75, 3.05) is 6.54 Å². The Morgan fingerprint density at radius 3 is 3.00 bits per heavy atom. The Kier molecular flexibility index (Phi) is 3.96. The van der Waals surface area contributed by atoms with Crippen LogP contribution < -0.4 is 11.3 Å². The monoisotopic (exact) mass is 237 g/mol. The Hall–Kier alpha value is -0.870. The second-order valence-corrected chi connectivity index (χ2v) is 5.22. The lowest BCUT2D eigenvalue weighted by Gasteiger charge is -2.01. The quantitative estimate of drug-likeness (QED) is 0.272. The maximum Gasteiger partial charge on any atom is 0.152 e. The van der Waals surface area contributed by atoms with Gasteiger partial charge in [0, 0.05) is 11.4 Å². The molecule has 1 aliphatic carbocycles. The van der Waals surface area contributed by atoms with Crippen LogP contribution >= 0.6 is 11.3 Å². The number of hydrogen-bond acceptors (Lipinski definition) is 3. The summed E-state index contributed by atoms with van der Waals surface area (Å²) in [5, 5.41) is 0. The largest absolute Gasteiger partial charge is 0.308 e.